The maximum Gasteiger partial charge on any atom is 0.264 e. The first-order valence-corrected chi connectivity index (χ1v) is 6.26. The van der Waals surface area contributed by atoms with Crippen molar-refractivity contribution in [1.29, 1.82) is 0 Å². The van der Waals surface area contributed by atoms with Crippen LogP contribution in [0.3, 0.4) is 0 Å². The van der Waals surface area contributed by atoms with E-state index in [2.05, 4.69) is 8.92 Å². The van der Waals surface area contributed by atoms with E-state index in [1.54, 1.807) is 0 Å². The highest BCUT2D eigenvalue weighted by Crippen LogP contribution is 2.23. The highest BCUT2D eigenvalue weighted by atomic mass is 32.2. The van der Waals surface area contributed by atoms with E-state index >= 15 is 0 Å². The van der Waals surface area contributed by atoms with Crippen molar-refractivity contribution < 1.29 is 37.8 Å². The molecule has 0 aromatic rings. The van der Waals surface area contributed by atoms with Crippen LogP contribution in [0.25, 0.3) is 0 Å². The van der Waals surface area contributed by atoms with Gasteiger partial charge in [-0.3, -0.25) is 4.18 Å². The molecule has 0 aromatic carbocycles. The van der Waals surface area contributed by atoms with Gasteiger partial charge in [-0.1, -0.05) is 0 Å². The van der Waals surface area contributed by atoms with Crippen molar-refractivity contribution in [2.24, 2.45) is 0 Å². The Bertz CT molecular complexity index is 327. The van der Waals surface area contributed by atoms with Crippen LogP contribution in [0.5, 0.6) is 0 Å². The van der Waals surface area contributed by atoms with Crippen molar-refractivity contribution in [2.45, 2.75) is 30.7 Å². The summed E-state index contributed by atoms with van der Waals surface area (Å²) in [6.07, 6.45) is -7.03. The fourth-order valence-corrected chi connectivity index (χ4v) is 1.99. The van der Waals surface area contributed by atoms with Crippen molar-refractivity contribution in [3.8, 4) is 0 Å². The Kier molecular flexibility index (Phi) is 4.23. The average molecular weight is 258 g/mol. The Morgan fingerprint density at radius 1 is 1.25 bits per heavy atom. The van der Waals surface area contributed by atoms with Crippen molar-refractivity contribution in [2.75, 3.05) is 12.9 Å². The number of ether oxygens (including phenoxy) is 1. The molecule has 16 heavy (non-hydrogen) atoms. The second kappa shape index (κ2) is 4.92. The molecule has 8 nitrogen and oxygen atoms in total. The second-order valence-corrected chi connectivity index (χ2v) is 5.09. The third kappa shape index (κ3) is 3.10. The lowest BCUT2D eigenvalue weighted by molar-refractivity contribution is -0.279. The van der Waals surface area contributed by atoms with Gasteiger partial charge in [-0.2, -0.15) is 8.42 Å². The number of hydrogen-bond donors (Lipinski definition) is 4. The SMILES string of the molecule is CS(=O)(=O)O[C@H]1[C@H](O)[C@H](O)[C@H](CO)O[C@@H]1O. The molecule has 1 rings (SSSR count). The van der Waals surface area contributed by atoms with Crippen molar-refractivity contribution >= 4 is 10.1 Å². The van der Waals surface area contributed by atoms with Crippen LogP contribution in [0.4, 0.5) is 0 Å². The molecular weight excluding hydrogens is 244 g/mol. The third-order valence-corrected chi connectivity index (χ3v) is 2.70. The van der Waals surface area contributed by atoms with E-state index in [1.807, 2.05) is 0 Å². The summed E-state index contributed by atoms with van der Waals surface area (Å²) in [6.45, 7) is -0.624. The number of rotatable bonds is 3. The van der Waals surface area contributed by atoms with Crippen LogP contribution in [0.15, 0.2) is 0 Å². The van der Waals surface area contributed by atoms with Crippen LogP contribution in [-0.2, 0) is 19.0 Å². The summed E-state index contributed by atoms with van der Waals surface area (Å²) in [6, 6.07) is 0. The number of aliphatic hydroxyl groups excluding tert-OH is 4. The zero-order chi connectivity index (χ0) is 12.5. The molecule has 4 N–H and O–H groups in total. The monoisotopic (exact) mass is 258 g/mol. The van der Waals surface area contributed by atoms with E-state index < -0.39 is 47.4 Å². The first kappa shape index (κ1) is 13.8. The molecule has 0 saturated carbocycles. The van der Waals surface area contributed by atoms with E-state index in [9.17, 15) is 23.7 Å². The molecule has 1 saturated heterocycles. The Labute approximate surface area is 92.2 Å². The highest BCUT2D eigenvalue weighted by molar-refractivity contribution is 7.86. The molecule has 5 atom stereocenters. The standard InChI is InChI=1S/C7H14O8S/c1-16(12,13)15-6-5(10)4(9)3(2-8)14-7(6)11/h3-11H,2H2,1H3/t3-,4+,5+,6-,7-/m0/s1. The molecule has 0 spiro atoms. The van der Waals surface area contributed by atoms with Gasteiger partial charge in [0.1, 0.15) is 18.3 Å². The maximum atomic E-state index is 10.8. The Hall–Kier alpha value is -0.290. The molecule has 9 heteroatoms. The molecule has 0 aliphatic carbocycles. The van der Waals surface area contributed by atoms with Gasteiger partial charge in [-0.05, 0) is 0 Å². The number of hydrogen-bond acceptors (Lipinski definition) is 8. The van der Waals surface area contributed by atoms with Crippen LogP contribution in [0, 0.1) is 0 Å². The molecule has 96 valence electrons. The number of aliphatic hydroxyl groups is 4. The van der Waals surface area contributed by atoms with Crippen LogP contribution in [0.2, 0.25) is 0 Å². The van der Waals surface area contributed by atoms with E-state index in [0.29, 0.717) is 0 Å². The van der Waals surface area contributed by atoms with E-state index in [0.717, 1.165) is 6.26 Å². The molecule has 0 aromatic heterocycles. The van der Waals surface area contributed by atoms with Crippen LogP contribution >= 0.6 is 0 Å². The second-order valence-electron chi connectivity index (χ2n) is 3.49. The van der Waals surface area contributed by atoms with Crippen molar-refractivity contribution in [3.63, 3.8) is 0 Å². The molecule has 1 fully saturated rings. The normalized spacial score (nSPS) is 40.9. The Balaban J connectivity index is 2.80. The molecule has 0 bridgehead atoms. The molecule has 1 aliphatic heterocycles. The van der Waals surface area contributed by atoms with Gasteiger partial charge in [0.2, 0.25) is 0 Å². The van der Waals surface area contributed by atoms with Gasteiger partial charge in [0.25, 0.3) is 10.1 Å². The van der Waals surface area contributed by atoms with Gasteiger partial charge < -0.3 is 25.2 Å². The fourth-order valence-electron chi connectivity index (χ4n) is 1.38. The zero-order valence-corrected chi connectivity index (χ0v) is 9.24. The van der Waals surface area contributed by atoms with Crippen molar-refractivity contribution in [1.82, 2.24) is 0 Å². The highest BCUT2D eigenvalue weighted by Gasteiger charge is 2.45. The first-order chi connectivity index (χ1) is 7.26. The van der Waals surface area contributed by atoms with Crippen LogP contribution < -0.4 is 0 Å². The summed E-state index contributed by atoms with van der Waals surface area (Å²) >= 11 is 0. The molecule has 1 heterocycles. The van der Waals surface area contributed by atoms with E-state index in [-0.39, 0.29) is 0 Å². The Morgan fingerprint density at radius 3 is 2.25 bits per heavy atom. The predicted octanol–water partition coefficient (Wildman–Crippen LogP) is -3.24. The largest absolute Gasteiger partial charge is 0.394 e. The average Bonchev–Trinajstić information content (AvgIpc) is 2.17. The third-order valence-electron chi connectivity index (χ3n) is 2.13. The lowest BCUT2D eigenvalue weighted by atomic mass is 9.99. The van der Waals surface area contributed by atoms with Crippen molar-refractivity contribution in [3.05, 3.63) is 0 Å². The molecule has 0 radical (unpaired) electrons. The summed E-state index contributed by atoms with van der Waals surface area (Å²) in [5, 5.41) is 37.0. The van der Waals surface area contributed by atoms with Gasteiger partial charge in [0.15, 0.2) is 12.4 Å². The smallest absolute Gasteiger partial charge is 0.264 e. The summed E-state index contributed by atoms with van der Waals surface area (Å²) in [4.78, 5) is 0. The molecule has 0 unspecified atom stereocenters. The maximum absolute atomic E-state index is 10.8. The van der Waals surface area contributed by atoms with Gasteiger partial charge in [-0.25, -0.2) is 0 Å². The quantitative estimate of drug-likeness (QED) is 0.388. The van der Waals surface area contributed by atoms with E-state index in [4.69, 9.17) is 5.11 Å². The minimum absolute atomic E-state index is 0.624. The Morgan fingerprint density at radius 2 is 1.81 bits per heavy atom. The van der Waals surface area contributed by atoms with Crippen LogP contribution in [0.1, 0.15) is 0 Å². The minimum Gasteiger partial charge on any atom is -0.394 e. The topological polar surface area (TPSA) is 134 Å². The minimum atomic E-state index is -3.91. The molecular formula is C7H14O8S. The molecule has 0 amide bonds. The fraction of sp³-hybridized carbons (Fsp3) is 1.00. The van der Waals surface area contributed by atoms with Gasteiger partial charge in [-0.15, -0.1) is 0 Å². The summed E-state index contributed by atoms with van der Waals surface area (Å²) in [5.41, 5.74) is 0. The zero-order valence-electron chi connectivity index (χ0n) is 8.42. The van der Waals surface area contributed by atoms with Gasteiger partial charge in [0.05, 0.1) is 12.9 Å². The predicted molar refractivity (Wildman–Crippen MR) is 49.7 cm³/mol. The molecule has 1 aliphatic rings. The lowest BCUT2D eigenvalue weighted by Gasteiger charge is -2.38. The summed E-state index contributed by atoms with van der Waals surface area (Å²) in [7, 11) is -3.91. The van der Waals surface area contributed by atoms with Crippen LogP contribution in [-0.4, -0.2) is 72.4 Å². The van der Waals surface area contributed by atoms with E-state index in [1.165, 1.54) is 0 Å². The first-order valence-electron chi connectivity index (χ1n) is 4.45. The van der Waals surface area contributed by atoms with Gasteiger partial charge >= 0.3 is 0 Å². The summed E-state index contributed by atoms with van der Waals surface area (Å²) < 4.78 is 30.7. The summed E-state index contributed by atoms with van der Waals surface area (Å²) in [5.74, 6) is 0. The van der Waals surface area contributed by atoms with Gasteiger partial charge in [0, 0.05) is 0 Å². The lowest BCUT2D eigenvalue weighted by Crippen LogP contribution is -2.59.